The van der Waals surface area contributed by atoms with Crippen molar-refractivity contribution in [2.24, 2.45) is 0 Å². The zero-order valence-corrected chi connectivity index (χ0v) is 11.2. The molecule has 1 aromatic rings. The normalized spacial score (nSPS) is 10.6. The van der Waals surface area contributed by atoms with Crippen molar-refractivity contribution in [2.75, 3.05) is 26.8 Å². The first-order valence-electron chi connectivity index (χ1n) is 5.83. The molecule has 1 aromatic carbocycles. The molecule has 0 aliphatic heterocycles. The van der Waals surface area contributed by atoms with E-state index in [1.54, 1.807) is 7.11 Å². The van der Waals surface area contributed by atoms with E-state index >= 15 is 0 Å². The Balaban J connectivity index is 2.57. The fourth-order valence-corrected chi connectivity index (χ4v) is 2.12. The number of rotatable bonds is 7. The van der Waals surface area contributed by atoms with E-state index in [1.807, 2.05) is 19.1 Å². The van der Waals surface area contributed by atoms with Crippen LogP contribution in [0.15, 0.2) is 12.1 Å². The van der Waals surface area contributed by atoms with Gasteiger partial charge in [0.05, 0.1) is 7.11 Å². The van der Waals surface area contributed by atoms with Crippen LogP contribution in [0, 0.1) is 6.92 Å². The summed E-state index contributed by atoms with van der Waals surface area (Å²) in [4.78, 5) is 0. The number of aliphatic hydroxyl groups excluding tert-OH is 1. The summed E-state index contributed by atoms with van der Waals surface area (Å²) in [5, 5.41) is 12.7. The van der Waals surface area contributed by atoms with Crippen molar-refractivity contribution in [3.05, 3.63) is 28.3 Å². The minimum Gasteiger partial charge on any atom is -0.496 e. The van der Waals surface area contributed by atoms with E-state index in [1.165, 1.54) is 0 Å². The fraction of sp³-hybridized carbons (Fsp3) is 0.538. The van der Waals surface area contributed by atoms with Gasteiger partial charge < -0.3 is 15.2 Å². The Kier molecular flexibility index (Phi) is 6.34. The first-order chi connectivity index (χ1) is 8.19. The van der Waals surface area contributed by atoms with Crippen LogP contribution in [-0.4, -0.2) is 31.9 Å². The third kappa shape index (κ3) is 4.54. The minimum absolute atomic E-state index is 0.229. The summed E-state index contributed by atoms with van der Waals surface area (Å²) >= 11 is 6.03. The van der Waals surface area contributed by atoms with Gasteiger partial charge in [0.1, 0.15) is 5.75 Å². The summed E-state index contributed by atoms with van der Waals surface area (Å²) in [7, 11) is 1.68. The van der Waals surface area contributed by atoms with Gasteiger partial charge in [-0.25, -0.2) is 0 Å². The van der Waals surface area contributed by atoms with E-state index in [9.17, 15) is 0 Å². The second kappa shape index (κ2) is 7.54. The lowest BCUT2D eigenvalue weighted by Gasteiger charge is -2.12. The van der Waals surface area contributed by atoms with Gasteiger partial charge in [0, 0.05) is 11.6 Å². The van der Waals surface area contributed by atoms with Crippen molar-refractivity contribution in [3.63, 3.8) is 0 Å². The molecule has 0 spiro atoms. The molecule has 0 unspecified atom stereocenters. The van der Waals surface area contributed by atoms with E-state index in [0.29, 0.717) is 0 Å². The zero-order chi connectivity index (χ0) is 12.7. The van der Waals surface area contributed by atoms with Gasteiger partial charge in [-0.15, -0.1) is 0 Å². The summed E-state index contributed by atoms with van der Waals surface area (Å²) in [6.45, 7) is 3.91. The van der Waals surface area contributed by atoms with Crippen molar-refractivity contribution < 1.29 is 9.84 Å². The SMILES string of the molecule is COc1c(C)cc(Cl)cc1CCNCCCO. The summed E-state index contributed by atoms with van der Waals surface area (Å²) in [6.07, 6.45) is 1.65. The van der Waals surface area contributed by atoms with E-state index in [0.717, 1.165) is 47.8 Å². The largest absolute Gasteiger partial charge is 0.496 e. The first-order valence-corrected chi connectivity index (χ1v) is 6.21. The Hall–Kier alpha value is -0.770. The van der Waals surface area contributed by atoms with Crippen LogP contribution in [0.25, 0.3) is 0 Å². The number of halogens is 1. The van der Waals surface area contributed by atoms with E-state index in [4.69, 9.17) is 21.4 Å². The second-order valence-corrected chi connectivity index (χ2v) is 4.43. The summed E-state index contributed by atoms with van der Waals surface area (Å²) < 4.78 is 5.38. The average molecular weight is 258 g/mol. The van der Waals surface area contributed by atoms with E-state index in [-0.39, 0.29) is 6.61 Å². The van der Waals surface area contributed by atoms with Crippen LogP contribution in [0.1, 0.15) is 17.5 Å². The molecule has 0 heterocycles. The molecular weight excluding hydrogens is 238 g/mol. The number of methoxy groups -OCH3 is 1. The van der Waals surface area contributed by atoms with Crippen molar-refractivity contribution in [3.8, 4) is 5.75 Å². The smallest absolute Gasteiger partial charge is 0.125 e. The maximum absolute atomic E-state index is 8.66. The molecule has 0 aliphatic rings. The molecule has 17 heavy (non-hydrogen) atoms. The van der Waals surface area contributed by atoms with Gasteiger partial charge in [-0.2, -0.15) is 0 Å². The maximum atomic E-state index is 8.66. The molecule has 0 amide bonds. The fourth-order valence-electron chi connectivity index (χ4n) is 1.83. The number of hydrogen-bond donors (Lipinski definition) is 2. The summed E-state index contributed by atoms with van der Waals surface area (Å²) in [5.74, 6) is 0.915. The first kappa shape index (κ1) is 14.3. The summed E-state index contributed by atoms with van der Waals surface area (Å²) in [5.41, 5.74) is 2.18. The minimum atomic E-state index is 0.229. The average Bonchev–Trinajstić information content (AvgIpc) is 2.28. The van der Waals surface area contributed by atoms with Crippen LogP contribution < -0.4 is 10.1 Å². The lowest BCUT2D eigenvalue weighted by Crippen LogP contribution is -2.19. The molecule has 0 radical (unpaired) electrons. The number of benzene rings is 1. The predicted molar refractivity (Wildman–Crippen MR) is 71.0 cm³/mol. The van der Waals surface area contributed by atoms with Crippen molar-refractivity contribution >= 4 is 11.6 Å². The molecule has 0 saturated heterocycles. The van der Waals surface area contributed by atoms with Crippen LogP contribution in [0.3, 0.4) is 0 Å². The molecule has 0 aromatic heterocycles. The Morgan fingerprint density at radius 1 is 1.35 bits per heavy atom. The molecule has 96 valence electrons. The van der Waals surface area contributed by atoms with Gasteiger partial charge in [-0.05, 0) is 56.1 Å². The molecule has 0 atom stereocenters. The molecule has 3 nitrogen and oxygen atoms in total. The molecule has 0 aliphatic carbocycles. The highest BCUT2D eigenvalue weighted by Gasteiger charge is 2.07. The van der Waals surface area contributed by atoms with Crippen molar-refractivity contribution in [1.82, 2.24) is 5.32 Å². The van der Waals surface area contributed by atoms with Gasteiger partial charge in [0.25, 0.3) is 0 Å². The number of ether oxygens (including phenoxy) is 1. The predicted octanol–water partition coefficient (Wildman–Crippen LogP) is 2.17. The van der Waals surface area contributed by atoms with Crippen molar-refractivity contribution in [1.29, 1.82) is 0 Å². The van der Waals surface area contributed by atoms with Gasteiger partial charge in [-0.3, -0.25) is 0 Å². The standard InChI is InChI=1S/C13H20ClNO2/c1-10-8-12(14)9-11(13(10)17-2)4-6-15-5-3-7-16/h8-9,15-16H,3-7H2,1-2H3. The van der Waals surface area contributed by atoms with Crippen LogP contribution in [0.4, 0.5) is 0 Å². The molecule has 1 rings (SSSR count). The lowest BCUT2D eigenvalue weighted by atomic mass is 10.1. The van der Waals surface area contributed by atoms with Gasteiger partial charge in [0.15, 0.2) is 0 Å². The molecule has 2 N–H and O–H groups in total. The van der Waals surface area contributed by atoms with E-state index < -0.39 is 0 Å². The summed E-state index contributed by atoms with van der Waals surface area (Å²) in [6, 6.07) is 3.85. The van der Waals surface area contributed by atoms with Gasteiger partial charge in [-0.1, -0.05) is 11.6 Å². The molecule has 4 heteroatoms. The highest BCUT2D eigenvalue weighted by molar-refractivity contribution is 6.30. The number of hydrogen-bond acceptors (Lipinski definition) is 3. The highest BCUT2D eigenvalue weighted by atomic mass is 35.5. The number of aliphatic hydroxyl groups is 1. The third-order valence-electron chi connectivity index (χ3n) is 2.60. The third-order valence-corrected chi connectivity index (χ3v) is 2.82. The van der Waals surface area contributed by atoms with Crippen LogP contribution in [-0.2, 0) is 6.42 Å². The molecule has 0 saturated carbocycles. The molecule has 0 bridgehead atoms. The molecular formula is C13H20ClNO2. The van der Waals surface area contributed by atoms with Gasteiger partial charge in [0.2, 0.25) is 0 Å². The monoisotopic (exact) mass is 257 g/mol. The topological polar surface area (TPSA) is 41.5 Å². The molecule has 0 fully saturated rings. The lowest BCUT2D eigenvalue weighted by molar-refractivity contribution is 0.286. The van der Waals surface area contributed by atoms with Crippen LogP contribution >= 0.6 is 11.6 Å². The maximum Gasteiger partial charge on any atom is 0.125 e. The van der Waals surface area contributed by atoms with Crippen molar-refractivity contribution in [2.45, 2.75) is 19.8 Å². The zero-order valence-electron chi connectivity index (χ0n) is 10.4. The Morgan fingerprint density at radius 2 is 2.12 bits per heavy atom. The van der Waals surface area contributed by atoms with Crippen LogP contribution in [0.5, 0.6) is 5.75 Å². The number of nitrogens with one attached hydrogen (secondary N) is 1. The Labute approximate surface area is 108 Å². The second-order valence-electron chi connectivity index (χ2n) is 3.99. The quantitative estimate of drug-likeness (QED) is 0.736. The Bertz CT molecular complexity index is 356. The van der Waals surface area contributed by atoms with E-state index in [2.05, 4.69) is 5.32 Å². The van der Waals surface area contributed by atoms with Gasteiger partial charge >= 0.3 is 0 Å². The van der Waals surface area contributed by atoms with Crippen LogP contribution in [0.2, 0.25) is 5.02 Å². The Morgan fingerprint density at radius 3 is 2.76 bits per heavy atom. The number of aryl methyl sites for hydroxylation is 1. The highest BCUT2D eigenvalue weighted by Crippen LogP contribution is 2.27.